The molecule has 2 atom stereocenters. The van der Waals surface area contributed by atoms with Crippen LogP contribution in [-0.4, -0.2) is 34.9 Å². The van der Waals surface area contributed by atoms with Gasteiger partial charge in [0.25, 0.3) is 0 Å². The Morgan fingerprint density at radius 2 is 0.638 bits per heavy atom. The van der Waals surface area contributed by atoms with E-state index in [4.69, 9.17) is 0 Å². The zero-order valence-electron chi connectivity index (χ0n) is 39.8. The summed E-state index contributed by atoms with van der Waals surface area (Å²) in [6, 6.07) is -0.618. The highest BCUT2D eigenvalue weighted by Crippen LogP contribution is 2.18. The van der Waals surface area contributed by atoms with Gasteiger partial charge < -0.3 is 15.5 Å². The second kappa shape index (κ2) is 50.5. The van der Waals surface area contributed by atoms with E-state index in [9.17, 15) is 15.0 Å². The number of hydrogen-bond donors (Lipinski definition) is 3. The predicted octanol–water partition coefficient (Wildman–Crippen LogP) is 17.4. The highest BCUT2D eigenvalue weighted by Gasteiger charge is 2.18. The maximum absolute atomic E-state index is 12.4. The Kier molecular flexibility index (Phi) is 49.7. The number of rotatable bonds is 50. The number of carbonyl (C=O) groups is 1. The van der Waals surface area contributed by atoms with Crippen molar-refractivity contribution in [2.45, 2.75) is 321 Å². The second-order valence-electron chi connectivity index (χ2n) is 18.7. The fraction of sp³-hybridized carbons (Fsp3) is 0.944. The number of hydrogen-bond acceptors (Lipinski definition) is 3. The maximum Gasteiger partial charge on any atom is 0.220 e. The van der Waals surface area contributed by atoms with Crippen LogP contribution in [0.1, 0.15) is 309 Å². The lowest BCUT2D eigenvalue weighted by atomic mass is 10.0. The van der Waals surface area contributed by atoms with Crippen LogP contribution in [0.4, 0.5) is 0 Å². The summed E-state index contributed by atoms with van der Waals surface area (Å²) in [5.74, 6) is -0.0564. The van der Waals surface area contributed by atoms with E-state index >= 15 is 0 Å². The number of carbonyl (C=O) groups excluding carboxylic acids is 1. The minimum absolute atomic E-state index is 0.0564. The molecular weight excluding hydrogens is 711 g/mol. The molecule has 0 spiro atoms. The molecule has 0 aromatic rings. The standard InChI is InChI=1S/C54H107NO3/c1-3-5-7-9-11-13-15-17-19-21-23-25-26-27-28-30-31-33-35-37-39-41-43-45-47-49-53(57)52(51-56)55-54(58)50-48-46-44-42-40-38-36-34-32-29-24-22-20-18-16-14-12-10-8-6-4-2/h47,49,52-53,56-57H,3-46,48,50-51H2,1-2H3,(H,55,58)/b49-47+. The van der Waals surface area contributed by atoms with Crippen molar-refractivity contribution in [3.8, 4) is 0 Å². The van der Waals surface area contributed by atoms with E-state index in [1.165, 1.54) is 263 Å². The molecule has 0 aromatic carbocycles. The number of aliphatic hydroxyl groups excluding tert-OH is 2. The molecule has 0 rings (SSSR count). The van der Waals surface area contributed by atoms with E-state index in [0.29, 0.717) is 6.42 Å². The summed E-state index contributed by atoms with van der Waals surface area (Å²) in [6.07, 6.45) is 65.0. The average Bonchev–Trinajstić information content (AvgIpc) is 3.23. The van der Waals surface area contributed by atoms with Crippen LogP contribution < -0.4 is 5.32 Å². The van der Waals surface area contributed by atoms with Gasteiger partial charge in [-0.05, 0) is 19.3 Å². The minimum Gasteiger partial charge on any atom is -0.394 e. The monoisotopic (exact) mass is 818 g/mol. The zero-order chi connectivity index (χ0) is 42.1. The number of amides is 1. The largest absolute Gasteiger partial charge is 0.394 e. The van der Waals surface area contributed by atoms with Crippen molar-refractivity contribution in [1.29, 1.82) is 0 Å². The van der Waals surface area contributed by atoms with Gasteiger partial charge in [0.05, 0.1) is 18.8 Å². The van der Waals surface area contributed by atoms with Crippen molar-refractivity contribution in [2.24, 2.45) is 0 Å². The van der Waals surface area contributed by atoms with Crippen LogP contribution in [0, 0.1) is 0 Å². The summed E-state index contributed by atoms with van der Waals surface area (Å²) < 4.78 is 0. The van der Waals surface area contributed by atoms with Crippen LogP contribution in [0.15, 0.2) is 12.2 Å². The molecule has 0 aromatic heterocycles. The molecule has 4 heteroatoms. The summed E-state index contributed by atoms with van der Waals surface area (Å²) >= 11 is 0. The van der Waals surface area contributed by atoms with Crippen LogP contribution >= 0.6 is 0 Å². The van der Waals surface area contributed by atoms with Gasteiger partial charge in [0.15, 0.2) is 0 Å². The van der Waals surface area contributed by atoms with Gasteiger partial charge in [-0.1, -0.05) is 296 Å². The summed E-state index contributed by atoms with van der Waals surface area (Å²) in [6.45, 7) is 4.35. The molecule has 346 valence electrons. The van der Waals surface area contributed by atoms with Crippen molar-refractivity contribution >= 4 is 5.91 Å². The van der Waals surface area contributed by atoms with Gasteiger partial charge >= 0.3 is 0 Å². The Balaban J connectivity index is 3.46. The first-order chi connectivity index (χ1) is 28.7. The molecule has 0 saturated carbocycles. The molecule has 2 unspecified atom stereocenters. The quantitative estimate of drug-likeness (QED) is 0.0423. The summed E-state index contributed by atoms with van der Waals surface area (Å²) in [5.41, 5.74) is 0. The van der Waals surface area contributed by atoms with Crippen molar-refractivity contribution < 1.29 is 15.0 Å². The third-order valence-electron chi connectivity index (χ3n) is 12.8. The molecule has 0 heterocycles. The third-order valence-corrected chi connectivity index (χ3v) is 12.8. The van der Waals surface area contributed by atoms with E-state index in [0.717, 1.165) is 25.7 Å². The van der Waals surface area contributed by atoms with Gasteiger partial charge in [0.2, 0.25) is 5.91 Å². The van der Waals surface area contributed by atoms with E-state index in [2.05, 4.69) is 19.2 Å². The molecule has 0 aliphatic heterocycles. The van der Waals surface area contributed by atoms with Crippen molar-refractivity contribution in [1.82, 2.24) is 5.32 Å². The second-order valence-corrected chi connectivity index (χ2v) is 18.7. The highest BCUT2D eigenvalue weighted by molar-refractivity contribution is 5.76. The van der Waals surface area contributed by atoms with Crippen molar-refractivity contribution in [3.05, 3.63) is 12.2 Å². The van der Waals surface area contributed by atoms with Gasteiger partial charge in [0, 0.05) is 6.42 Å². The molecule has 4 nitrogen and oxygen atoms in total. The number of nitrogens with one attached hydrogen (secondary N) is 1. The first kappa shape index (κ1) is 57.1. The fourth-order valence-electron chi connectivity index (χ4n) is 8.65. The van der Waals surface area contributed by atoms with Gasteiger partial charge in [-0.25, -0.2) is 0 Å². The van der Waals surface area contributed by atoms with Gasteiger partial charge in [-0.15, -0.1) is 0 Å². The van der Waals surface area contributed by atoms with E-state index < -0.39 is 12.1 Å². The van der Waals surface area contributed by atoms with Crippen molar-refractivity contribution in [3.63, 3.8) is 0 Å². The number of unbranched alkanes of at least 4 members (excludes halogenated alkanes) is 43. The Hall–Kier alpha value is -0.870. The van der Waals surface area contributed by atoms with Gasteiger partial charge in [-0.3, -0.25) is 4.79 Å². The highest BCUT2D eigenvalue weighted by atomic mass is 16.3. The SMILES string of the molecule is CCCCCCCCCCCCCCCCCCCCCCCCC/C=C/C(O)C(CO)NC(=O)CCCCCCCCCCCCCCCCCCCCCCC. The van der Waals surface area contributed by atoms with Crippen LogP contribution in [0.3, 0.4) is 0 Å². The average molecular weight is 818 g/mol. The van der Waals surface area contributed by atoms with Gasteiger partial charge in [0.1, 0.15) is 0 Å². The van der Waals surface area contributed by atoms with Crippen molar-refractivity contribution in [2.75, 3.05) is 6.61 Å². The lowest BCUT2D eigenvalue weighted by Crippen LogP contribution is -2.45. The summed E-state index contributed by atoms with van der Waals surface area (Å²) in [4.78, 5) is 12.4. The number of aliphatic hydroxyl groups is 2. The fourth-order valence-corrected chi connectivity index (χ4v) is 8.65. The van der Waals surface area contributed by atoms with E-state index in [1.807, 2.05) is 6.08 Å². The van der Waals surface area contributed by atoms with Crippen LogP contribution in [0.25, 0.3) is 0 Å². The third kappa shape index (κ3) is 46.2. The Morgan fingerprint density at radius 3 is 0.897 bits per heavy atom. The summed E-state index contributed by atoms with van der Waals surface area (Å²) in [5, 5.41) is 23.2. The molecule has 0 bridgehead atoms. The molecule has 0 fully saturated rings. The molecular formula is C54H107NO3. The normalized spacial score (nSPS) is 12.8. The topological polar surface area (TPSA) is 69.6 Å². The molecule has 0 saturated heterocycles. The molecule has 0 radical (unpaired) electrons. The smallest absolute Gasteiger partial charge is 0.220 e. The molecule has 1 amide bonds. The van der Waals surface area contributed by atoms with Crippen LogP contribution in [0.5, 0.6) is 0 Å². The molecule has 3 N–H and O–H groups in total. The Bertz CT molecular complexity index is 799. The van der Waals surface area contributed by atoms with Gasteiger partial charge in [-0.2, -0.15) is 0 Å². The van der Waals surface area contributed by atoms with E-state index in [1.54, 1.807) is 6.08 Å². The number of allylic oxidation sites excluding steroid dienone is 1. The predicted molar refractivity (Wildman–Crippen MR) is 258 cm³/mol. The maximum atomic E-state index is 12.4. The van der Waals surface area contributed by atoms with E-state index in [-0.39, 0.29) is 12.5 Å². The molecule has 0 aliphatic rings. The summed E-state index contributed by atoms with van der Waals surface area (Å²) in [7, 11) is 0. The Morgan fingerprint density at radius 1 is 0.397 bits per heavy atom. The lowest BCUT2D eigenvalue weighted by Gasteiger charge is -2.20. The lowest BCUT2D eigenvalue weighted by molar-refractivity contribution is -0.123. The zero-order valence-corrected chi connectivity index (χ0v) is 39.8. The minimum atomic E-state index is -0.835. The Labute approximate surface area is 365 Å². The van der Waals surface area contributed by atoms with Crippen LogP contribution in [0.2, 0.25) is 0 Å². The molecule has 0 aliphatic carbocycles. The first-order valence-corrected chi connectivity index (χ1v) is 26.9. The molecule has 58 heavy (non-hydrogen) atoms. The van der Waals surface area contributed by atoms with Crippen LogP contribution in [-0.2, 0) is 4.79 Å². The first-order valence-electron chi connectivity index (χ1n) is 26.9.